The quantitative estimate of drug-likeness (QED) is 0.738. The van der Waals surface area contributed by atoms with Crippen molar-refractivity contribution < 1.29 is 17.9 Å². The van der Waals surface area contributed by atoms with Gasteiger partial charge in [0.25, 0.3) is 5.91 Å². The zero-order valence-electron chi connectivity index (χ0n) is 18.7. The van der Waals surface area contributed by atoms with Crippen molar-refractivity contribution >= 4 is 15.9 Å². The van der Waals surface area contributed by atoms with Gasteiger partial charge in [-0.1, -0.05) is 57.2 Å². The van der Waals surface area contributed by atoms with Crippen molar-refractivity contribution in [3.63, 3.8) is 0 Å². The summed E-state index contributed by atoms with van der Waals surface area (Å²) in [5, 5.41) is 3.01. The molecule has 0 saturated carbocycles. The van der Waals surface area contributed by atoms with E-state index in [0.717, 1.165) is 5.56 Å². The molecule has 0 radical (unpaired) electrons. The molecule has 2 aromatic rings. The fourth-order valence-electron chi connectivity index (χ4n) is 3.51. The molecule has 1 aliphatic rings. The third-order valence-electron chi connectivity index (χ3n) is 5.55. The second-order valence-corrected chi connectivity index (χ2v) is 11.0. The fourth-order valence-corrected chi connectivity index (χ4v) is 5.02. The lowest BCUT2D eigenvalue weighted by atomic mass is 9.86. The van der Waals surface area contributed by atoms with Gasteiger partial charge >= 0.3 is 0 Å². The Kier molecular flexibility index (Phi) is 7.19. The monoisotopic (exact) mass is 444 g/mol. The fraction of sp³-hybridized carbons (Fsp3) is 0.458. The number of nitrogens with one attached hydrogen (secondary N) is 1. The van der Waals surface area contributed by atoms with E-state index in [0.29, 0.717) is 37.4 Å². The van der Waals surface area contributed by atoms with Crippen molar-refractivity contribution in [2.24, 2.45) is 0 Å². The van der Waals surface area contributed by atoms with Crippen LogP contribution >= 0.6 is 0 Å². The molecule has 6 nitrogen and oxygen atoms in total. The summed E-state index contributed by atoms with van der Waals surface area (Å²) >= 11 is 0. The Morgan fingerprint density at radius 1 is 1.03 bits per heavy atom. The Morgan fingerprint density at radius 3 is 2.16 bits per heavy atom. The highest BCUT2D eigenvalue weighted by atomic mass is 32.2. The van der Waals surface area contributed by atoms with Crippen LogP contribution in [-0.2, 0) is 25.9 Å². The van der Waals surface area contributed by atoms with Crippen LogP contribution in [0.3, 0.4) is 0 Å². The highest BCUT2D eigenvalue weighted by Crippen LogP contribution is 2.24. The number of carbonyl (C=O) groups excluding carboxylic acids is 1. The molecule has 0 spiro atoms. The molecule has 0 bridgehead atoms. The molecule has 0 aromatic heterocycles. The van der Waals surface area contributed by atoms with Crippen molar-refractivity contribution in [2.45, 2.75) is 44.9 Å². The molecule has 2 aromatic carbocycles. The van der Waals surface area contributed by atoms with Crippen LogP contribution in [0.15, 0.2) is 48.5 Å². The summed E-state index contributed by atoms with van der Waals surface area (Å²) in [6.45, 7) is 10.1. The topological polar surface area (TPSA) is 75.7 Å². The number of carbonyl (C=O) groups is 1. The van der Waals surface area contributed by atoms with Crippen molar-refractivity contribution in [3.8, 4) is 0 Å². The Hall–Kier alpha value is -2.22. The van der Waals surface area contributed by atoms with Crippen LogP contribution in [-0.4, -0.2) is 44.9 Å². The SMILES string of the molecule is C[C@H](NC(=O)c1ccc(CS(=O)(=O)N2CCOCC2)cc1)c1ccc(C(C)(C)C)cc1. The molecule has 1 aliphatic heterocycles. The minimum absolute atomic E-state index is 0.0779. The average molecular weight is 445 g/mol. The molecule has 168 valence electrons. The van der Waals surface area contributed by atoms with Crippen LogP contribution in [0.1, 0.15) is 60.8 Å². The first kappa shape index (κ1) is 23.4. The Bertz CT molecular complexity index is 987. The van der Waals surface area contributed by atoms with Crippen LogP contribution in [0.25, 0.3) is 0 Å². The minimum atomic E-state index is -3.39. The van der Waals surface area contributed by atoms with E-state index < -0.39 is 10.0 Å². The Balaban J connectivity index is 1.61. The number of ether oxygens (including phenoxy) is 1. The Labute approximate surface area is 185 Å². The molecule has 1 atom stereocenters. The lowest BCUT2D eigenvalue weighted by molar-refractivity contribution is 0.0729. The molecule has 1 fully saturated rings. The van der Waals surface area contributed by atoms with Crippen molar-refractivity contribution in [3.05, 3.63) is 70.8 Å². The molecule has 31 heavy (non-hydrogen) atoms. The highest BCUT2D eigenvalue weighted by Gasteiger charge is 2.24. The molecule has 0 unspecified atom stereocenters. The summed E-state index contributed by atoms with van der Waals surface area (Å²) in [5.74, 6) is -0.263. The molecule has 1 heterocycles. The zero-order valence-corrected chi connectivity index (χ0v) is 19.5. The van der Waals surface area contributed by atoms with Gasteiger partial charge in [-0.2, -0.15) is 4.31 Å². The number of rotatable bonds is 6. The third-order valence-corrected chi connectivity index (χ3v) is 7.40. The van der Waals surface area contributed by atoms with Gasteiger partial charge in [-0.25, -0.2) is 8.42 Å². The van der Waals surface area contributed by atoms with Crippen molar-refractivity contribution in [1.82, 2.24) is 9.62 Å². The average Bonchev–Trinajstić information content (AvgIpc) is 2.74. The molecule has 0 aliphatic carbocycles. The third kappa shape index (κ3) is 6.15. The van der Waals surface area contributed by atoms with E-state index in [2.05, 4.69) is 38.2 Å². The lowest BCUT2D eigenvalue weighted by Gasteiger charge is -2.26. The first-order chi connectivity index (χ1) is 14.6. The zero-order chi connectivity index (χ0) is 22.6. The summed E-state index contributed by atoms with van der Waals surface area (Å²) in [6, 6.07) is 14.9. The smallest absolute Gasteiger partial charge is 0.251 e. The second-order valence-electron chi connectivity index (χ2n) is 9.03. The van der Waals surface area contributed by atoms with E-state index in [4.69, 9.17) is 4.74 Å². The summed E-state index contributed by atoms with van der Waals surface area (Å²) in [5.41, 5.74) is 3.54. The summed E-state index contributed by atoms with van der Waals surface area (Å²) in [6.07, 6.45) is 0. The molecular formula is C24H32N2O4S. The maximum absolute atomic E-state index is 12.6. The molecule has 1 N–H and O–H groups in total. The molecule has 1 amide bonds. The van der Waals surface area contributed by atoms with E-state index in [1.807, 2.05) is 19.1 Å². The predicted molar refractivity (Wildman–Crippen MR) is 122 cm³/mol. The van der Waals surface area contributed by atoms with Gasteiger partial charge < -0.3 is 10.1 Å². The minimum Gasteiger partial charge on any atom is -0.379 e. The van der Waals surface area contributed by atoms with Crippen LogP contribution in [0, 0.1) is 0 Å². The van der Waals surface area contributed by atoms with Crippen molar-refractivity contribution in [2.75, 3.05) is 26.3 Å². The summed E-state index contributed by atoms with van der Waals surface area (Å²) in [4.78, 5) is 12.6. The van der Waals surface area contributed by atoms with Crippen LogP contribution in [0.5, 0.6) is 0 Å². The van der Waals surface area contributed by atoms with Gasteiger partial charge in [-0.15, -0.1) is 0 Å². The number of nitrogens with zero attached hydrogens (tertiary/aromatic N) is 1. The maximum Gasteiger partial charge on any atom is 0.251 e. The molecule has 7 heteroatoms. The number of hydrogen-bond acceptors (Lipinski definition) is 4. The number of sulfonamides is 1. The van der Waals surface area contributed by atoms with Gasteiger partial charge in [-0.05, 0) is 41.2 Å². The van der Waals surface area contributed by atoms with Crippen LogP contribution in [0.4, 0.5) is 0 Å². The highest BCUT2D eigenvalue weighted by molar-refractivity contribution is 7.88. The van der Waals surface area contributed by atoms with E-state index in [9.17, 15) is 13.2 Å². The first-order valence-corrected chi connectivity index (χ1v) is 12.2. The first-order valence-electron chi connectivity index (χ1n) is 10.6. The molecule has 1 saturated heterocycles. The Morgan fingerprint density at radius 2 is 1.61 bits per heavy atom. The predicted octanol–water partition coefficient (Wildman–Crippen LogP) is 3.64. The van der Waals surface area contributed by atoms with Crippen LogP contribution < -0.4 is 5.32 Å². The number of amides is 1. The van der Waals surface area contributed by atoms with Gasteiger partial charge in [0.1, 0.15) is 0 Å². The maximum atomic E-state index is 12.6. The standard InChI is InChI=1S/C24H32N2O4S/c1-18(20-9-11-22(12-10-20)24(2,3)4)25-23(27)21-7-5-19(6-8-21)17-31(28,29)26-13-15-30-16-14-26/h5-12,18H,13-17H2,1-4H3,(H,25,27)/t18-/m0/s1. The summed E-state index contributed by atoms with van der Waals surface area (Å²) < 4.78 is 31.8. The van der Waals surface area contributed by atoms with Gasteiger partial charge in [0.15, 0.2) is 0 Å². The molecular weight excluding hydrogens is 412 g/mol. The van der Waals surface area contributed by atoms with Gasteiger partial charge in [-0.3, -0.25) is 4.79 Å². The number of benzene rings is 2. The van der Waals surface area contributed by atoms with E-state index in [-0.39, 0.29) is 23.1 Å². The summed E-state index contributed by atoms with van der Waals surface area (Å²) in [7, 11) is -3.39. The van der Waals surface area contributed by atoms with Gasteiger partial charge in [0, 0.05) is 18.7 Å². The number of morpholine rings is 1. The normalized spacial score (nSPS) is 16.6. The lowest BCUT2D eigenvalue weighted by Crippen LogP contribution is -2.41. The van der Waals surface area contributed by atoms with Gasteiger partial charge in [0.2, 0.25) is 10.0 Å². The van der Waals surface area contributed by atoms with E-state index >= 15 is 0 Å². The van der Waals surface area contributed by atoms with Crippen molar-refractivity contribution in [1.29, 1.82) is 0 Å². The second kappa shape index (κ2) is 9.51. The largest absolute Gasteiger partial charge is 0.379 e. The van der Waals surface area contributed by atoms with Gasteiger partial charge in [0.05, 0.1) is 25.0 Å². The van der Waals surface area contributed by atoms with Crippen LogP contribution in [0.2, 0.25) is 0 Å². The van der Waals surface area contributed by atoms with E-state index in [1.54, 1.807) is 24.3 Å². The molecule has 3 rings (SSSR count). The number of hydrogen-bond donors (Lipinski definition) is 1. The van der Waals surface area contributed by atoms with E-state index in [1.165, 1.54) is 9.87 Å².